The summed E-state index contributed by atoms with van der Waals surface area (Å²) in [5, 5.41) is 18.5. The highest BCUT2D eigenvalue weighted by atomic mass is 35.5. The number of hydrogen-bond acceptors (Lipinski definition) is 6. The minimum Gasteiger partial charge on any atom is -0.398 e. The Morgan fingerprint density at radius 2 is 1.25 bits per heavy atom. The first kappa shape index (κ1) is 32.2. The Hall–Kier alpha value is -3.75. The second-order valence-corrected chi connectivity index (χ2v) is 9.73. The van der Waals surface area contributed by atoms with Gasteiger partial charge in [0.1, 0.15) is 11.1 Å². The van der Waals surface area contributed by atoms with Gasteiger partial charge in [-0.1, -0.05) is 31.2 Å². The molecule has 0 fully saturated rings. The molecule has 0 saturated carbocycles. The van der Waals surface area contributed by atoms with E-state index >= 15 is 0 Å². The van der Waals surface area contributed by atoms with Crippen molar-refractivity contribution in [2.45, 2.75) is 60.0 Å². The van der Waals surface area contributed by atoms with Gasteiger partial charge < -0.3 is 21.3 Å². The number of aryl methyl sites for hydroxylation is 2. The molecule has 0 aliphatic carbocycles. The topological polar surface area (TPSA) is 140 Å². The lowest BCUT2D eigenvalue weighted by molar-refractivity contribution is 0.0691. The van der Waals surface area contributed by atoms with Crippen molar-refractivity contribution in [2.24, 2.45) is 0 Å². The summed E-state index contributed by atoms with van der Waals surface area (Å²) in [4.78, 5) is 27.3. The molecule has 0 aliphatic heterocycles. The summed E-state index contributed by atoms with van der Waals surface area (Å²) in [6, 6.07) is 12.7. The quantitative estimate of drug-likeness (QED) is 0.540. The number of nitrogen functional groups attached to an aromatic ring is 2. The first-order valence-corrected chi connectivity index (χ1v) is 11.2. The zero-order valence-corrected chi connectivity index (χ0v) is 22.3. The number of benzene rings is 2. The molecule has 0 aliphatic rings. The summed E-state index contributed by atoms with van der Waals surface area (Å²) < 4.78 is 0. The number of nitrogens with zero attached hydrogens (tertiary/aromatic N) is 4. The van der Waals surface area contributed by atoms with E-state index < -0.39 is 11.1 Å². The van der Waals surface area contributed by atoms with Gasteiger partial charge in [-0.2, -0.15) is 10.5 Å². The Kier molecular flexibility index (Phi) is 11.0. The molecule has 8 nitrogen and oxygen atoms in total. The molecule has 9 heteroatoms. The number of carbonyl (C=O) groups excluding carboxylic acids is 2. The van der Waals surface area contributed by atoms with Gasteiger partial charge in [0.05, 0.1) is 23.3 Å². The SMILES string of the molecule is C.Cc1cc(Cl)cc(C(=O)N(C)C(C)(C)C#N)c1N.Cc1cccc(C(=O)N(C)C(C)(C)C#N)c1N. The van der Waals surface area contributed by atoms with Crippen molar-refractivity contribution in [3.8, 4) is 12.1 Å². The molecule has 0 atom stereocenters. The van der Waals surface area contributed by atoms with Crippen LogP contribution in [0.5, 0.6) is 0 Å². The van der Waals surface area contributed by atoms with Crippen LogP contribution in [-0.4, -0.2) is 46.8 Å². The van der Waals surface area contributed by atoms with Crippen molar-refractivity contribution in [2.75, 3.05) is 25.6 Å². The Labute approximate surface area is 220 Å². The largest absolute Gasteiger partial charge is 0.398 e. The zero-order chi connectivity index (χ0) is 27.3. The highest BCUT2D eigenvalue weighted by Crippen LogP contribution is 2.26. The molecule has 4 N–H and O–H groups in total. The minimum absolute atomic E-state index is 0. The van der Waals surface area contributed by atoms with Crippen LogP contribution in [0.3, 0.4) is 0 Å². The van der Waals surface area contributed by atoms with Crippen LogP contribution in [0.1, 0.15) is 67.0 Å². The second kappa shape index (κ2) is 12.3. The van der Waals surface area contributed by atoms with Crippen LogP contribution in [0.25, 0.3) is 0 Å². The third kappa shape index (κ3) is 7.13. The highest BCUT2D eigenvalue weighted by Gasteiger charge is 2.30. The molecule has 0 saturated heterocycles. The second-order valence-electron chi connectivity index (χ2n) is 9.29. The normalized spacial score (nSPS) is 10.5. The fraction of sp³-hybridized carbons (Fsp3) is 0.407. The Bertz CT molecular complexity index is 1210. The van der Waals surface area contributed by atoms with Gasteiger partial charge in [-0.3, -0.25) is 9.59 Å². The molecule has 2 aromatic carbocycles. The van der Waals surface area contributed by atoms with E-state index in [0.29, 0.717) is 27.5 Å². The molecule has 0 unspecified atom stereocenters. The maximum absolute atomic E-state index is 12.3. The fourth-order valence-electron chi connectivity index (χ4n) is 2.82. The van der Waals surface area contributed by atoms with Gasteiger partial charge in [0.2, 0.25) is 0 Å². The van der Waals surface area contributed by atoms with E-state index in [-0.39, 0.29) is 19.2 Å². The lowest BCUT2D eigenvalue weighted by Gasteiger charge is -2.29. The number of para-hydroxylation sites is 1. The molecule has 0 aromatic heterocycles. The summed E-state index contributed by atoms with van der Waals surface area (Å²) in [5.74, 6) is -0.553. The lowest BCUT2D eigenvalue weighted by Crippen LogP contribution is -2.44. The first-order chi connectivity index (χ1) is 16.0. The summed E-state index contributed by atoms with van der Waals surface area (Å²) in [6.07, 6.45) is 0. The number of carbonyl (C=O) groups is 2. The molecular formula is C27H37ClN6O2. The maximum Gasteiger partial charge on any atom is 0.257 e. The first-order valence-electron chi connectivity index (χ1n) is 10.8. The molecule has 2 aromatic rings. The molecule has 0 bridgehead atoms. The van der Waals surface area contributed by atoms with Crippen molar-refractivity contribution >= 4 is 34.8 Å². The van der Waals surface area contributed by atoms with Gasteiger partial charge in [-0.15, -0.1) is 0 Å². The molecule has 0 spiro atoms. The average Bonchev–Trinajstić information content (AvgIpc) is 2.81. The molecular weight excluding hydrogens is 476 g/mol. The summed E-state index contributed by atoms with van der Waals surface area (Å²) in [6.45, 7) is 10.3. The fourth-order valence-corrected chi connectivity index (χ4v) is 3.09. The standard InChI is InChI=1S/C13H16ClN3O.C13H17N3O.CH4/c1-8-5-9(14)6-10(11(8)16)12(18)17(4)13(2,3)7-15;1-9-6-5-7-10(11(9)15)12(17)16(4)13(2,3)8-14;/h5-6H,16H2,1-4H3;5-7H,15H2,1-4H3;1H4. The van der Waals surface area contributed by atoms with Gasteiger partial charge in [0.25, 0.3) is 11.8 Å². The third-order valence-electron chi connectivity index (χ3n) is 5.97. The summed E-state index contributed by atoms with van der Waals surface area (Å²) in [5.41, 5.74) is 13.2. The highest BCUT2D eigenvalue weighted by molar-refractivity contribution is 6.31. The molecule has 0 radical (unpaired) electrons. The maximum atomic E-state index is 12.3. The van der Waals surface area contributed by atoms with Crippen LogP contribution in [0.2, 0.25) is 5.02 Å². The number of hydrogen-bond donors (Lipinski definition) is 2. The van der Waals surface area contributed by atoms with E-state index in [4.69, 9.17) is 33.6 Å². The summed E-state index contributed by atoms with van der Waals surface area (Å²) in [7, 11) is 3.18. The van der Waals surface area contributed by atoms with Crippen LogP contribution < -0.4 is 11.5 Å². The monoisotopic (exact) mass is 512 g/mol. The van der Waals surface area contributed by atoms with Gasteiger partial charge in [-0.05, 0) is 70.9 Å². The van der Waals surface area contributed by atoms with E-state index in [1.54, 1.807) is 66.9 Å². The molecule has 194 valence electrons. The van der Waals surface area contributed by atoms with Gasteiger partial charge in [0.15, 0.2) is 0 Å². The van der Waals surface area contributed by atoms with E-state index in [1.807, 2.05) is 13.0 Å². The van der Waals surface area contributed by atoms with Crippen molar-refractivity contribution in [1.82, 2.24) is 9.80 Å². The van der Waals surface area contributed by atoms with Crippen molar-refractivity contribution in [1.29, 1.82) is 10.5 Å². The van der Waals surface area contributed by atoms with Crippen LogP contribution in [0.4, 0.5) is 11.4 Å². The van der Waals surface area contributed by atoms with Crippen molar-refractivity contribution < 1.29 is 9.59 Å². The number of amides is 2. The minimum atomic E-state index is -0.903. The van der Waals surface area contributed by atoms with E-state index in [0.717, 1.165) is 11.1 Å². The number of anilines is 2. The van der Waals surface area contributed by atoms with E-state index in [9.17, 15) is 9.59 Å². The molecule has 2 rings (SSSR count). The Balaban J connectivity index is 0.000000663. The number of halogens is 1. The van der Waals surface area contributed by atoms with Crippen molar-refractivity contribution in [3.63, 3.8) is 0 Å². The lowest BCUT2D eigenvalue weighted by atomic mass is 10.0. The molecule has 36 heavy (non-hydrogen) atoms. The predicted octanol–water partition coefficient (Wildman–Crippen LogP) is 5.19. The van der Waals surface area contributed by atoms with Crippen LogP contribution in [0, 0.1) is 36.5 Å². The van der Waals surface area contributed by atoms with Gasteiger partial charge >= 0.3 is 0 Å². The predicted molar refractivity (Wildman–Crippen MR) is 146 cm³/mol. The molecule has 2 amide bonds. The van der Waals surface area contributed by atoms with E-state index in [2.05, 4.69) is 12.1 Å². The number of rotatable bonds is 4. The molecule has 0 heterocycles. The van der Waals surface area contributed by atoms with Crippen LogP contribution in [0.15, 0.2) is 30.3 Å². The van der Waals surface area contributed by atoms with Gasteiger partial charge in [0, 0.05) is 30.5 Å². The average molecular weight is 513 g/mol. The third-order valence-corrected chi connectivity index (χ3v) is 6.19. The Morgan fingerprint density at radius 1 is 0.833 bits per heavy atom. The number of nitriles is 2. The summed E-state index contributed by atoms with van der Waals surface area (Å²) >= 11 is 5.93. The smallest absolute Gasteiger partial charge is 0.257 e. The Morgan fingerprint density at radius 3 is 1.69 bits per heavy atom. The van der Waals surface area contributed by atoms with E-state index in [1.165, 1.54) is 15.9 Å². The van der Waals surface area contributed by atoms with Crippen molar-refractivity contribution in [3.05, 3.63) is 57.6 Å². The number of nitrogens with two attached hydrogens (primary N) is 2. The van der Waals surface area contributed by atoms with Gasteiger partial charge in [-0.25, -0.2) is 0 Å². The van der Waals surface area contributed by atoms with Crippen LogP contribution >= 0.6 is 11.6 Å². The zero-order valence-electron chi connectivity index (χ0n) is 21.5. The van der Waals surface area contributed by atoms with Crippen LogP contribution in [-0.2, 0) is 0 Å².